The number of anilines is 1. The maximum absolute atomic E-state index is 12.8. The average molecular weight is 374 g/mol. The standard InChI is InChI=1S/C16H18N6O3S/c23-15-14(26-16-17-18-19-21(16)11-4-1-2-5-11)8-9-20(15)12-6-3-7-13(10-12)22(24)25/h3,6-7,10-11,14H,1-2,4-5,8-9H2. The highest BCUT2D eigenvalue weighted by molar-refractivity contribution is 8.00. The van der Waals surface area contributed by atoms with Crippen LogP contribution in [0.2, 0.25) is 0 Å². The Morgan fingerprint density at radius 2 is 2.04 bits per heavy atom. The minimum Gasteiger partial charge on any atom is -0.311 e. The molecule has 0 radical (unpaired) electrons. The Bertz CT molecular complexity index is 835. The first-order valence-corrected chi connectivity index (χ1v) is 9.52. The number of tetrazole rings is 1. The molecule has 2 aliphatic rings. The number of thioether (sulfide) groups is 1. The molecule has 10 heteroatoms. The summed E-state index contributed by atoms with van der Waals surface area (Å²) in [6.45, 7) is 0.530. The average Bonchev–Trinajstić information content (AvgIpc) is 3.37. The Morgan fingerprint density at radius 1 is 1.23 bits per heavy atom. The molecule has 4 rings (SSSR count). The van der Waals surface area contributed by atoms with E-state index in [0.29, 0.717) is 29.9 Å². The van der Waals surface area contributed by atoms with Crippen molar-refractivity contribution >= 4 is 29.0 Å². The van der Waals surface area contributed by atoms with Gasteiger partial charge in [-0.25, -0.2) is 4.68 Å². The van der Waals surface area contributed by atoms with Gasteiger partial charge >= 0.3 is 0 Å². The van der Waals surface area contributed by atoms with E-state index in [4.69, 9.17) is 0 Å². The third kappa shape index (κ3) is 3.16. The first kappa shape index (κ1) is 17.0. The Balaban J connectivity index is 1.49. The smallest absolute Gasteiger partial charge is 0.271 e. The largest absolute Gasteiger partial charge is 0.311 e. The summed E-state index contributed by atoms with van der Waals surface area (Å²) in [5.74, 6) is -0.0588. The zero-order valence-corrected chi connectivity index (χ0v) is 14.8. The van der Waals surface area contributed by atoms with E-state index in [0.717, 1.165) is 12.8 Å². The quantitative estimate of drug-likeness (QED) is 0.585. The van der Waals surface area contributed by atoms with Gasteiger partial charge in [-0.2, -0.15) is 0 Å². The van der Waals surface area contributed by atoms with Crippen molar-refractivity contribution in [3.8, 4) is 0 Å². The van der Waals surface area contributed by atoms with E-state index in [1.54, 1.807) is 17.0 Å². The molecule has 1 amide bonds. The lowest BCUT2D eigenvalue weighted by molar-refractivity contribution is -0.384. The van der Waals surface area contributed by atoms with Crippen LogP contribution in [0.3, 0.4) is 0 Å². The van der Waals surface area contributed by atoms with Crippen LogP contribution in [0.25, 0.3) is 0 Å². The van der Waals surface area contributed by atoms with Crippen molar-refractivity contribution in [1.29, 1.82) is 0 Å². The second-order valence-corrected chi connectivity index (χ2v) is 7.68. The number of aromatic nitrogens is 4. The molecular formula is C16H18N6O3S. The molecule has 0 N–H and O–H groups in total. The van der Waals surface area contributed by atoms with E-state index in [2.05, 4.69) is 15.5 Å². The molecule has 1 unspecified atom stereocenters. The molecule has 1 atom stereocenters. The number of hydrogen-bond donors (Lipinski definition) is 0. The predicted molar refractivity (Wildman–Crippen MR) is 95.0 cm³/mol. The number of nitrogens with zero attached hydrogens (tertiary/aromatic N) is 6. The SMILES string of the molecule is O=C1C(Sc2nnnn2C2CCCC2)CCN1c1cccc([N+](=O)[O-])c1. The van der Waals surface area contributed by atoms with E-state index in [1.807, 2.05) is 4.68 Å². The van der Waals surface area contributed by atoms with Crippen LogP contribution in [-0.2, 0) is 4.79 Å². The van der Waals surface area contributed by atoms with E-state index < -0.39 is 4.92 Å². The molecule has 2 aromatic rings. The van der Waals surface area contributed by atoms with E-state index in [9.17, 15) is 14.9 Å². The molecular weight excluding hydrogens is 356 g/mol. The molecule has 1 saturated heterocycles. The maximum atomic E-state index is 12.8. The van der Waals surface area contributed by atoms with Crippen LogP contribution in [0.5, 0.6) is 0 Å². The van der Waals surface area contributed by atoms with Crippen LogP contribution in [-0.4, -0.2) is 42.8 Å². The Hall–Kier alpha value is -2.49. The minimum atomic E-state index is -0.452. The second-order valence-electron chi connectivity index (χ2n) is 6.51. The van der Waals surface area contributed by atoms with Crippen molar-refractivity contribution in [2.75, 3.05) is 11.4 Å². The summed E-state index contributed by atoms with van der Waals surface area (Å²) in [6, 6.07) is 6.50. The molecule has 1 aromatic heterocycles. The Labute approximate surface area is 153 Å². The Kier molecular flexibility index (Phi) is 4.58. The van der Waals surface area contributed by atoms with Crippen molar-refractivity contribution in [2.24, 2.45) is 0 Å². The summed E-state index contributed by atoms with van der Waals surface area (Å²) in [5, 5.41) is 23.4. The number of rotatable bonds is 5. The highest BCUT2D eigenvalue weighted by Gasteiger charge is 2.35. The van der Waals surface area contributed by atoms with E-state index in [-0.39, 0.29) is 16.8 Å². The van der Waals surface area contributed by atoms with Gasteiger partial charge in [-0.05, 0) is 35.8 Å². The van der Waals surface area contributed by atoms with E-state index in [1.165, 1.54) is 36.7 Å². The van der Waals surface area contributed by atoms with Gasteiger partial charge in [0.2, 0.25) is 11.1 Å². The fourth-order valence-electron chi connectivity index (χ4n) is 3.56. The zero-order chi connectivity index (χ0) is 18.1. The lowest BCUT2D eigenvalue weighted by Gasteiger charge is -2.16. The first-order chi connectivity index (χ1) is 12.6. The van der Waals surface area contributed by atoms with E-state index >= 15 is 0 Å². The molecule has 1 aliphatic carbocycles. The Morgan fingerprint density at radius 3 is 2.81 bits per heavy atom. The summed E-state index contributed by atoms with van der Waals surface area (Å²) in [5.41, 5.74) is 0.541. The summed E-state index contributed by atoms with van der Waals surface area (Å²) in [7, 11) is 0. The van der Waals surface area contributed by atoms with Crippen LogP contribution >= 0.6 is 11.8 Å². The summed E-state index contributed by atoms with van der Waals surface area (Å²) in [6.07, 6.45) is 5.15. The van der Waals surface area contributed by atoms with Crippen LogP contribution in [0.1, 0.15) is 38.1 Å². The van der Waals surface area contributed by atoms with Crippen LogP contribution in [0.4, 0.5) is 11.4 Å². The number of hydrogen-bond acceptors (Lipinski definition) is 7. The monoisotopic (exact) mass is 374 g/mol. The summed E-state index contributed by atoms with van der Waals surface area (Å²) >= 11 is 1.39. The normalized spacial score (nSPS) is 20.8. The van der Waals surface area contributed by atoms with Crippen molar-refractivity contribution in [3.63, 3.8) is 0 Å². The fraction of sp³-hybridized carbons (Fsp3) is 0.500. The number of amides is 1. The van der Waals surface area contributed by atoms with Gasteiger partial charge in [-0.15, -0.1) is 5.10 Å². The highest BCUT2D eigenvalue weighted by Crippen LogP contribution is 2.36. The molecule has 2 fully saturated rings. The third-order valence-electron chi connectivity index (χ3n) is 4.89. The molecule has 9 nitrogen and oxygen atoms in total. The molecule has 0 bridgehead atoms. The van der Waals surface area contributed by atoms with Gasteiger partial charge in [0, 0.05) is 18.7 Å². The van der Waals surface area contributed by atoms with Crippen molar-refractivity contribution in [2.45, 2.75) is 48.6 Å². The number of nitro groups is 1. The highest BCUT2D eigenvalue weighted by atomic mass is 32.2. The van der Waals surface area contributed by atoms with Gasteiger partial charge in [0.15, 0.2) is 0 Å². The maximum Gasteiger partial charge on any atom is 0.271 e. The molecule has 26 heavy (non-hydrogen) atoms. The van der Waals surface area contributed by atoms with Gasteiger partial charge in [0.25, 0.3) is 5.69 Å². The molecule has 1 aromatic carbocycles. The number of non-ortho nitro benzene ring substituents is 1. The van der Waals surface area contributed by atoms with Gasteiger partial charge < -0.3 is 4.90 Å². The lowest BCUT2D eigenvalue weighted by Crippen LogP contribution is -2.28. The number of carbonyl (C=O) groups is 1. The lowest BCUT2D eigenvalue weighted by atomic mass is 10.2. The molecule has 1 aliphatic heterocycles. The molecule has 0 spiro atoms. The zero-order valence-electron chi connectivity index (χ0n) is 14.0. The summed E-state index contributed by atoms with van der Waals surface area (Å²) < 4.78 is 1.85. The third-order valence-corrected chi connectivity index (χ3v) is 6.09. The number of benzene rings is 1. The van der Waals surface area contributed by atoms with Crippen LogP contribution < -0.4 is 4.90 Å². The van der Waals surface area contributed by atoms with Crippen molar-refractivity contribution in [3.05, 3.63) is 34.4 Å². The molecule has 2 heterocycles. The second kappa shape index (κ2) is 7.02. The van der Waals surface area contributed by atoms with Gasteiger partial charge in [-0.3, -0.25) is 14.9 Å². The van der Waals surface area contributed by atoms with Crippen molar-refractivity contribution in [1.82, 2.24) is 20.2 Å². The van der Waals surface area contributed by atoms with Gasteiger partial charge in [-0.1, -0.05) is 30.7 Å². The molecule has 136 valence electrons. The van der Waals surface area contributed by atoms with Gasteiger partial charge in [0.1, 0.15) is 0 Å². The fourth-order valence-corrected chi connectivity index (χ4v) is 4.65. The van der Waals surface area contributed by atoms with Crippen LogP contribution in [0, 0.1) is 10.1 Å². The minimum absolute atomic E-state index is 0.0171. The van der Waals surface area contributed by atoms with Gasteiger partial charge in [0.05, 0.1) is 21.9 Å². The predicted octanol–water partition coefficient (Wildman–Crippen LogP) is 2.59. The topological polar surface area (TPSA) is 107 Å². The molecule has 1 saturated carbocycles. The first-order valence-electron chi connectivity index (χ1n) is 8.64. The summed E-state index contributed by atoms with van der Waals surface area (Å²) in [4.78, 5) is 24.9. The van der Waals surface area contributed by atoms with Crippen LogP contribution in [0.15, 0.2) is 29.4 Å². The van der Waals surface area contributed by atoms with Crippen molar-refractivity contribution < 1.29 is 9.72 Å². The number of nitro benzene ring substituents is 1. The number of carbonyl (C=O) groups excluding carboxylic acids is 1.